The van der Waals surface area contributed by atoms with E-state index in [2.05, 4.69) is 27.7 Å². The van der Waals surface area contributed by atoms with Crippen molar-refractivity contribution in [1.82, 2.24) is 4.90 Å². The normalized spacial score (nSPS) is 13.4. The average Bonchev–Trinajstić information content (AvgIpc) is 2.26. The first-order chi connectivity index (χ1) is 8.25. The van der Waals surface area contributed by atoms with Gasteiger partial charge in [0.05, 0.1) is 6.04 Å². The van der Waals surface area contributed by atoms with E-state index < -0.39 is 0 Å². The fourth-order valence-corrected chi connectivity index (χ4v) is 1.66. The average molecular weight is 256 g/mol. The lowest BCUT2D eigenvalue weighted by Gasteiger charge is -2.28. The highest BCUT2D eigenvalue weighted by molar-refractivity contribution is 5.81. The molecule has 0 aliphatic carbocycles. The van der Waals surface area contributed by atoms with E-state index in [1.54, 1.807) is 0 Å². The Morgan fingerprint density at radius 2 is 1.33 bits per heavy atom. The predicted octanol–water partition coefficient (Wildman–Crippen LogP) is 2.89. The Labute approximate surface area is 113 Å². The van der Waals surface area contributed by atoms with E-state index in [-0.39, 0.29) is 17.9 Å². The third-order valence-corrected chi connectivity index (χ3v) is 3.27. The lowest BCUT2D eigenvalue weighted by Crippen LogP contribution is -2.47. The van der Waals surface area contributed by atoms with Crippen molar-refractivity contribution in [2.24, 2.45) is 23.5 Å². The van der Waals surface area contributed by atoms with E-state index in [0.717, 1.165) is 25.9 Å². The second-order valence-electron chi connectivity index (χ2n) is 6.46. The van der Waals surface area contributed by atoms with Crippen LogP contribution in [0.25, 0.3) is 0 Å². The Bertz CT molecular complexity index is 225. The molecule has 3 heteroatoms. The minimum atomic E-state index is -0.357. The minimum Gasteiger partial charge on any atom is -0.341 e. The van der Waals surface area contributed by atoms with Gasteiger partial charge in [0.25, 0.3) is 0 Å². The van der Waals surface area contributed by atoms with Crippen LogP contribution in [0, 0.1) is 17.8 Å². The maximum atomic E-state index is 12.3. The van der Waals surface area contributed by atoms with Gasteiger partial charge in [0.2, 0.25) is 5.91 Å². The fourth-order valence-electron chi connectivity index (χ4n) is 1.66. The molecule has 0 bridgehead atoms. The van der Waals surface area contributed by atoms with Crippen LogP contribution in [-0.4, -0.2) is 29.9 Å². The second kappa shape index (κ2) is 8.52. The first-order valence-electron chi connectivity index (χ1n) is 7.30. The van der Waals surface area contributed by atoms with Gasteiger partial charge >= 0.3 is 0 Å². The lowest BCUT2D eigenvalue weighted by atomic mass is 10.0. The third kappa shape index (κ3) is 7.00. The van der Waals surface area contributed by atoms with Crippen LogP contribution in [0.5, 0.6) is 0 Å². The molecule has 0 aromatic rings. The van der Waals surface area contributed by atoms with E-state index in [0.29, 0.717) is 11.8 Å². The number of rotatable bonds is 8. The summed E-state index contributed by atoms with van der Waals surface area (Å²) in [6, 6.07) is -0.357. The van der Waals surface area contributed by atoms with Crippen LogP contribution in [0.2, 0.25) is 0 Å². The smallest absolute Gasteiger partial charge is 0.239 e. The molecule has 0 aliphatic heterocycles. The summed E-state index contributed by atoms with van der Waals surface area (Å²) in [7, 11) is 0. The van der Waals surface area contributed by atoms with Gasteiger partial charge in [0.15, 0.2) is 0 Å². The highest BCUT2D eigenvalue weighted by atomic mass is 16.2. The molecule has 0 heterocycles. The first kappa shape index (κ1) is 17.4. The molecule has 0 fully saturated rings. The monoisotopic (exact) mass is 256 g/mol. The Balaban J connectivity index is 4.48. The van der Waals surface area contributed by atoms with Crippen molar-refractivity contribution in [3.05, 3.63) is 0 Å². The largest absolute Gasteiger partial charge is 0.341 e. The molecule has 1 amide bonds. The summed E-state index contributed by atoms with van der Waals surface area (Å²) in [5.74, 6) is 1.56. The van der Waals surface area contributed by atoms with E-state index in [4.69, 9.17) is 5.73 Å². The van der Waals surface area contributed by atoms with Crippen molar-refractivity contribution in [3.8, 4) is 0 Å². The molecular formula is C15H32N2O. The zero-order valence-corrected chi connectivity index (χ0v) is 13.1. The summed E-state index contributed by atoms with van der Waals surface area (Å²) in [6.07, 6.45) is 2.10. The molecule has 1 atom stereocenters. The maximum Gasteiger partial charge on any atom is 0.239 e. The Kier molecular flexibility index (Phi) is 8.25. The van der Waals surface area contributed by atoms with Gasteiger partial charge in [-0.1, -0.05) is 41.5 Å². The summed E-state index contributed by atoms with van der Waals surface area (Å²) < 4.78 is 0. The zero-order valence-electron chi connectivity index (χ0n) is 13.1. The quantitative estimate of drug-likeness (QED) is 0.726. The van der Waals surface area contributed by atoms with Gasteiger partial charge in [-0.3, -0.25) is 4.79 Å². The van der Waals surface area contributed by atoms with E-state index in [9.17, 15) is 4.79 Å². The van der Waals surface area contributed by atoms with Crippen molar-refractivity contribution in [2.45, 2.75) is 60.4 Å². The summed E-state index contributed by atoms with van der Waals surface area (Å²) in [6.45, 7) is 14.4. The van der Waals surface area contributed by atoms with Crippen molar-refractivity contribution in [3.63, 3.8) is 0 Å². The van der Waals surface area contributed by atoms with Gasteiger partial charge < -0.3 is 10.6 Å². The second-order valence-corrected chi connectivity index (χ2v) is 6.46. The molecule has 3 nitrogen and oxygen atoms in total. The molecule has 2 N–H and O–H groups in total. The van der Waals surface area contributed by atoms with Crippen molar-refractivity contribution < 1.29 is 4.79 Å². The molecule has 18 heavy (non-hydrogen) atoms. The molecule has 0 rings (SSSR count). The summed E-state index contributed by atoms with van der Waals surface area (Å²) in [5.41, 5.74) is 5.98. The SMILES string of the molecule is CC(C)CCN(CCC(C)C)C(=O)[C@H](N)C(C)C. The summed E-state index contributed by atoms with van der Waals surface area (Å²) in [4.78, 5) is 14.3. The van der Waals surface area contributed by atoms with Crippen LogP contribution < -0.4 is 5.73 Å². The molecule has 0 aliphatic rings. The Morgan fingerprint density at radius 3 is 1.61 bits per heavy atom. The molecule has 0 saturated carbocycles. The van der Waals surface area contributed by atoms with Gasteiger partial charge in [0.1, 0.15) is 0 Å². The molecule has 0 aromatic carbocycles. The van der Waals surface area contributed by atoms with Crippen LogP contribution in [-0.2, 0) is 4.79 Å². The van der Waals surface area contributed by atoms with E-state index in [1.807, 2.05) is 18.7 Å². The van der Waals surface area contributed by atoms with Crippen molar-refractivity contribution in [1.29, 1.82) is 0 Å². The van der Waals surface area contributed by atoms with Gasteiger partial charge in [-0.05, 0) is 30.6 Å². The van der Waals surface area contributed by atoms with Crippen molar-refractivity contribution >= 4 is 5.91 Å². The summed E-state index contributed by atoms with van der Waals surface area (Å²) >= 11 is 0. The van der Waals surface area contributed by atoms with Crippen LogP contribution in [0.15, 0.2) is 0 Å². The van der Waals surface area contributed by atoms with E-state index >= 15 is 0 Å². The van der Waals surface area contributed by atoms with E-state index in [1.165, 1.54) is 0 Å². The maximum absolute atomic E-state index is 12.3. The van der Waals surface area contributed by atoms with Gasteiger partial charge in [-0.15, -0.1) is 0 Å². The number of carbonyl (C=O) groups excluding carboxylic acids is 1. The molecule has 0 unspecified atom stereocenters. The Morgan fingerprint density at radius 1 is 0.944 bits per heavy atom. The summed E-state index contributed by atoms with van der Waals surface area (Å²) in [5, 5.41) is 0. The van der Waals surface area contributed by atoms with Crippen LogP contribution in [0.1, 0.15) is 54.4 Å². The molecule has 0 saturated heterocycles. The third-order valence-electron chi connectivity index (χ3n) is 3.27. The molecule has 0 spiro atoms. The number of nitrogens with zero attached hydrogens (tertiary/aromatic N) is 1. The molecule has 0 radical (unpaired) electrons. The minimum absolute atomic E-state index is 0.117. The van der Waals surface area contributed by atoms with Gasteiger partial charge in [-0.2, -0.15) is 0 Å². The zero-order chi connectivity index (χ0) is 14.3. The topological polar surface area (TPSA) is 46.3 Å². The number of hydrogen-bond donors (Lipinski definition) is 1. The Hall–Kier alpha value is -0.570. The number of hydrogen-bond acceptors (Lipinski definition) is 2. The number of amides is 1. The van der Waals surface area contributed by atoms with Crippen LogP contribution >= 0.6 is 0 Å². The number of nitrogens with two attached hydrogens (primary N) is 1. The van der Waals surface area contributed by atoms with Gasteiger partial charge in [0, 0.05) is 13.1 Å². The predicted molar refractivity (Wildman–Crippen MR) is 78.3 cm³/mol. The highest BCUT2D eigenvalue weighted by Gasteiger charge is 2.23. The molecule has 108 valence electrons. The number of carbonyl (C=O) groups is 1. The fraction of sp³-hybridized carbons (Fsp3) is 0.933. The highest BCUT2D eigenvalue weighted by Crippen LogP contribution is 2.10. The molecular weight excluding hydrogens is 224 g/mol. The lowest BCUT2D eigenvalue weighted by molar-refractivity contribution is -0.133. The van der Waals surface area contributed by atoms with Crippen LogP contribution in [0.3, 0.4) is 0 Å². The van der Waals surface area contributed by atoms with Crippen LogP contribution in [0.4, 0.5) is 0 Å². The first-order valence-corrected chi connectivity index (χ1v) is 7.30. The standard InChI is InChI=1S/C15H32N2O/c1-11(2)7-9-17(10-8-12(3)4)15(18)14(16)13(5)6/h11-14H,7-10,16H2,1-6H3/t14-/m1/s1. The molecule has 0 aromatic heterocycles. The van der Waals surface area contributed by atoms with Crippen molar-refractivity contribution in [2.75, 3.05) is 13.1 Å². The van der Waals surface area contributed by atoms with Gasteiger partial charge in [-0.25, -0.2) is 0 Å².